The fourth-order valence-electron chi connectivity index (χ4n) is 2.37. The molecule has 2 aromatic carbocycles. The number of hydrogen-bond donors (Lipinski definition) is 1. The summed E-state index contributed by atoms with van der Waals surface area (Å²) in [5, 5.41) is 1.06. The average Bonchev–Trinajstić information content (AvgIpc) is 2.97. The third kappa shape index (κ3) is 3.11. The smallest absolute Gasteiger partial charge is 0.310 e. The van der Waals surface area contributed by atoms with Gasteiger partial charge in [0.2, 0.25) is 0 Å². The second-order valence-electron chi connectivity index (χ2n) is 5.05. The molecule has 0 saturated heterocycles. The number of benzene rings is 2. The Labute approximate surface area is 128 Å². The molecule has 0 unspecified atom stereocenters. The van der Waals surface area contributed by atoms with Crippen LogP contribution in [0.4, 0.5) is 0 Å². The molecule has 0 aliphatic carbocycles. The van der Waals surface area contributed by atoms with Gasteiger partial charge in [-0.3, -0.25) is 4.79 Å². The molecule has 112 valence electrons. The topological polar surface area (TPSA) is 51.3 Å². The number of carbonyl (C=O) groups excluding carboxylic acids is 1. The van der Waals surface area contributed by atoms with Gasteiger partial charge in [-0.1, -0.05) is 30.3 Å². The van der Waals surface area contributed by atoms with E-state index in [9.17, 15) is 4.79 Å². The first kappa shape index (κ1) is 14.2. The molecule has 0 atom stereocenters. The van der Waals surface area contributed by atoms with Crippen molar-refractivity contribution in [2.45, 2.75) is 13.0 Å². The largest absolute Gasteiger partial charge is 0.497 e. The quantitative estimate of drug-likeness (QED) is 0.733. The van der Waals surface area contributed by atoms with Gasteiger partial charge in [-0.05, 0) is 29.3 Å². The maximum Gasteiger partial charge on any atom is 0.310 e. The van der Waals surface area contributed by atoms with Crippen LogP contribution < -0.4 is 4.74 Å². The summed E-state index contributed by atoms with van der Waals surface area (Å²) in [6.45, 7) is 0.269. The number of fused-ring (bicyclic) bond motifs is 1. The first-order valence-corrected chi connectivity index (χ1v) is 7.10. The lowest BCUT2D eigenvalue weighted by atomic mass is 10.1. The van der Waals surface area contributed by atoms with Crippen LogP contribution in [0.15, 0.2) is 54.7 Å². The number of methoxy groups -OCH3 is 1. The summed E-state index contributed by atoms with van der Waals surface area (Å²) < 4.78 is 10.4. The lowest BCUT2D eigenvalue weighted by molar-refractivity contribution is -0.144. The second kappa shape index (κ2) is 6.35. The monoisotopic (exact) mass is 295 g/mol. The van der Waals surface area contributed by atoms with Crippen molar-refractivity contribution < 1.29 is 14.3 Å². The first-order chi connectivity index (χ1) is 10.8. The highest BCUT2D eigenvalue weighted by Gasteiger charge is 2.09. The van der Waals surface area contributed by atoms with Crippen molar-refractivity contribution >= 4 is 16.9 Å². The lowest BCUT2D eigenvalue weighted by Crippen LogP contribution is -2.07. The molecule has 4 nitrogen and oxygen atoms in total. The molecule has 0 amide bonds. The Morgan fingerprint density at radius 2 is 1.86 bits per heavy atom. The summed E-state index contributed by atoms with van der Waals surface area (Å²) in [6.07, 6.45) is 2.12. The molecule has 0 fully saturated rings. The number of H-pyrrole nitrogens is 1. The number of carbonyl (C=O) groups is 1. The number of ether oxygens (including phenoxy) is 2. The van der Waals surface area contributed by atoms with Crippen molar-refractivity contribution in [3.63, 3.8) is 0 Å². The summed E-state index contributed by atoms with van der Waals surface area (Å²) in [7, 11) is 1.62. The van der Waals surface area contributed by atoms with E-state index in [0.29, 0.717) is 0 Å². The lowest BCUT2D eigenvalue weighted by Gasteiger charge is -2.06. The Kier molecular flexibility index (Phi) is 4.10. The van der Waals surface area contributed by atoms with Crippen LogP contribution in [0, 0.1) is 0 Å². The third-order valence-electron chi connectivity index (χ3n) is 3.57. The van der Waals surface area contributed by atoms with E-state index in [-0.39, 0.29) is 19.0 Å². The Morgan fingerprint density at radius 1 is 1.09 bits per heavy atom. The van der Waals surface area contributed by atoms with Crippen LogP contribution in [-0.4, -0.2) is 18.1 Å². The van der Waals surface area contributed by atoms with E-state index in [2.05, 4.69) is 4.98 Å². The minimum absolute atomic E-state index is 0.236. The molecule has 1 aromatic heterocycles. The summed E-state index contributed by atoms with van der Waals surface area (Å²) >= 11 is 0. The number of hydrogen-bond acceptors (Lipinski definition) is 3. The predicted octanol–water partition coefficient (Wildman–Crippen LogP) is 3.46. The fourth-order valence-corrected chi connectivity index (χ4v) is 2.37. The van der Waals surface area contributed by atoms with Crippen LogP contribution >= 0.6 is 0 Å². The number of para-hydroxylation sites is 1. The Morgan fingerprint density at radius 3 is 2.64 bits per heavy atom. The van der Waals surface area contributed by atoms with Crippen molar-refractivity contribution in [3.8, 4) is 5.75 Å². The van der Waals surface area contributed by atoms with Crippen molar-refractivity contribution in [2.75, 3.05) is 7.11 Å². The van der Waals surface area contributed by atoms with Gasteiger partial charge in [0.1, 0.15) is 12.4 Å². The highest BCUT2D eigenvalue weighted by molar-refractivity contribution is 5.87. The Hall–Kier alpha value is -2.75. The molecule has 0 aliphatic rings. The number of aromatic nitrogens is 1. The minimum atomic E-state index is -0.236. The van der Waals surface area contributed by atoms with Crippen molar-refractivity contribution in [1.29, 1.82) is 0 Å². The molecular weight excluding hydrogens is 278 g/mol. The third-order valence-corrected chi connectivity index (χ3v) is 3.57. The molecule has 3 rings (SSSR count). The van der Waals surface area contributed by atoms with Crippen LogP contribution in [0.3, 0.4) is 0 Å². The number of esters is 1. The van der Waals surface area contributed by atoms with E-state index in [1.165, 1.54) is 0 Å². The number of nitrogens with one attached hydrogen (secondary N) is 1. The van der Waals surface area contributed by atoms with Gasteiger partial charge in [0.05, 0.1) is 13.5 Å². The average molecular weight is 295 g/mol. The molecule has 4 heteroatoms. The Bertz CT molecular complexity index is 774. The summed E-state index contributed by atoms with van der Waals surface area (Å²) in [5.74, 6) is 0.550. The molecule has 1 N–H and O–H groups in total. The standard InChI is InChI=1S/C18H17NO3/c1-21-15-8-6-13(7-9-15)12-22-18(20)10-14-11-19-17-5-3-2-4-16(14)17/h2-9,11,19H,10,12H2,1H3. The van der Waals surface area contributed by atoms with Crippen molar-refractivity contribution in [2.24, 2.45) is 0 Å². The molecule has 3 aromatic rings. The van der Waals surface area contributed by atoms with Gasteiger partial charge in [-0.25, -0.2) is 0 Å². The van der Waals surface area contributed by atoms with Crippen LogP contribution in [0.1, 0.15) is 11.1 Å². The molecular formula is C18H17NO3. The first-order valence-electron chi connectivity index (χ1n) is 7.10. The van der Waals surface area contributed by atoms with Gasteiger partial charge in [-0.2, -0.15) is 0 Å². The molecule has 0 bridgehead atoms. The van der Waals surface area contributed by atoms with E-state index < -0.39 is 0 Å². The minimum Gasteiger partial charge on any atom is -0.497 e. The highest BCUT2D eigenvalue weighted by Crippen LogP contribution is 2.18. The summed E-state index contributed by atoms with van der Waals surface area (Å²) in [6, 6.07) is 15.4. The predicted molar refractivity (Wildman–Crippen MR) is 84.8 cm³/mol. The van der Waals surface area contributed by atoms with Crippen LogP contribution in [0.2, 0.25) is 0 Å². The van der Waals surface area contributed by atoms with Gasteiger partial charge in [-0.15, -0.1) is 0 Å². The molecule has 0 aliphatic heterocycles. The van der Waals surface area contributed by atoms with Gasteiger partial charge in [0.15, 0.2) is 0 Å². The summed E-state index contributed by atoms with van der Waals surface area (Å²) in [5.41, 5.74) is 2.92. The van der Waals surface area contributed by atoms with Crippen LogP contribution in [-0.2, 0) is 22.6 Å². The Balaban J connectivity index is 1.60. The maximum atomic E-state index is 12.0. The van der Waals surface area contributed by atoms with Crippen LogP contribution in [0.5, 0.6) is 5.75 Å². The SMILES string of the molecule is COc1ccc(COC(=O)Cc2c[nH]c3ccccc23)cc1. The van der Waals surface area contributed by atoms with E-state index in [0.717, 1.165) is 27.8 Å². The zero-order valence-corrected chi connectivity index (χ0v) is 12.3. The zero-order valence-electron chi connectivity index (χ0n) is 12.3. The highest BCUT2D eigenvalue weighted by atomic mass is 16.5. The van der Waals surface area contributed by atoms with Gasteiger partial charge < -0.3 is 14.5 Å². The van der Waals surface area contributed by atoms with E-state index >= 15 is 0 Å². The van der Waals surface area contributed by atoms with Crippen LogP contribution in [0.25, 0.3) is 10.9 Å². The number of rotatable bonds is 5. The zero-order chi connectivity index (χ0) is 15.4. The normalized spacial score (nSPS) is 10.6. The van der Waals surface area contributed by atoms with E-state index in [1.54, 1.807) is 7.11 Å². The molecule has 22 heavy (non-hydrogen) atoms. The van der Waals surface area contributed by atoms with E-state index in [1.807, 2.05) is 54.7 Å². The molecule has 0 saturated carbocycles. The van der Waals surface area contributed by atoms with Gasteiger partial charge in [0, 0.05) is 17.1 Å². The molecule has 0 spiro atoms. The van der Waals surface area contributed by atoms with E-state index in [4.69, 9.17) is 9.47 Å². The summed E-state index contributed by atoms with van der Waals surface area (Å²) in [4.78, 5) is 15.1. The molecule has 0 radical (unpaired) electrons. The maximum absolute atomic E-state index is 12.0. The van der Waals surface area contributed by atoms with Gasteiger partial charge >= 0.3 is 5.97 Å². The van der Waals surface area contributed by atoms with Crippen molar-refractivity contribution in [3.05, 3.63) is 65.9 Å². The fraction of sp³-hybridized carbons (Fsp3) is 0.167. The second-order valence-corrected chi connectivity index (χ2v) is 5.05. The number of aromatic amines is 1. The van der Waals surface area contributed by atoms with Crippen molar-refractivity contribution in [1.82, 2.24) is 4.98 Å². The molecule has 1 heterocycles. The van der Waals surface area contributed by atoms with Gasteiger partial charge in [0.25, 0.3) is 0 Å².